The maximum atomic E-state index is 15.0. The molecule has 0 saturated carbocycles. The average Bonchev–Trinajstić information content (AvgIpc) is 3.35. The average molecular weight is 552 g/mol. The zero-order valence-corrected chi connectivity index (χ0v) is 23.5. The number of phenolic OH excluding ortho intramolecular Hbond substituents is 1. The first-order valence-electron chi connectivity index (χ1n) is 13.2. The molecular weight excluding hydrogens is 517 g/mol. The van der Waals surface area contributed by atoms with Crippen molar-refractivity contribution in [3.63, 3.8) is 0 Å². The summed E-state index contributed by atoms with van der Waals surface area (Å²) in [4.78, 5) is 2.65. The highest BCUT2D eigenvalue weighted by Gasteiger charge is 2.32. The molecule has 2 aliphatic rings. The third-order valence-electron chi connectivity index (χ3n) is 7.72. The number of hydrogen-bond donors (Lipinski definition) is 1. The Balaban J connectivity index is 1.45. The fraction of sp³-hybridized carbons (Fsp3) is 0.355. The zero-order valence-electron chi connectivity index (χ0n) is 22.6. The first kappa shape index (κ1) is 27.2. The molecule has 3 unspecified atom stereocenters. The highest BCUT2D eigenvalue weighted by molar-refractivity contribution is 7.90. The van der Waals surface area contributed by atoms with Crippen molar-refractivity contribution >= 4 is 21.0 Å². The van der Waals surface area contributed by atoms with Gasteiger partial charge in [0.15, 0.2) is 21.4 Å². The minimum atomic E-state index is -3.37. The van der Waals surface area contributed by atoms with Crippen molar-refractivity contribution < 1.29 is 27.4 Å². The van der Waals surface area contributed by atoms with Crippen molar-refractivity contribution in [1.29, 1.82) is 0 Å². The number of rotatable bonds is 7. The number of aromatic hydroxyl groups is 1. The van der Waals surface area contributed by atoms with E-state index < -0.39 is 27.5 Å². The van der Waals surface area contributed by atoms with E-state index in [0.717, 1.165) is 36.6 Å². The van der Waals surface area contributed by atoms with E-state index in [4.69, 9.17) is 9.47 Å². The Bertz CT molecular complexity index is 1500. The van der Waals surface area contributed by atoms with Crippen molar-refractivity contribution in [2.75, 3.05) is 26.0 Å². The summed E-state index contributed by atoms with van der Waals surface area (Å²) in [7, 11) is -3.37. The van der Waals surface area contributed by atoms with Crippen LogP contribution in [0.1, 0.15) is 50.0 Å². The van der Waals surface area contributed by atoms with Crippen molar-refractivity contribution in [1.82, 2.24) is 4.90 Å². The van der Waals surface area contributed by atoms with Gasteiger partial charge in [0.2, 0.25) is 0 Å². The number of phenols is 1. The van der Waals surface area contributed by atoms with Gasteiger partial charge in [-0.2, -0.15) is 0 Å². The van der Waals surface area contributed by atoms with E-state index in [-0.39, 0.29) is 10.5 Å². The fourth-order valence-electron chi connectivity index (χ4n) is 5.43. The molecule has 8 heteroatoms. The number of allylic oxidation sites excluding steroid dienone is 1. The van der Waals surface area contributed by atoms with E-state index in [1.54, 1.807) is 25.1 Å². The fourth-order valence-corrected chi connectivity index (χ4v) is 6.06. The minimum absolute atomic E-state index is 0.193. The Labute approximate surface area is 229 Å². The molecule has 1 saturated heterocycles. The van der Waals surface area contributed by atoms with E-state index in [9.17, 15) is 13.5 Å². The van der Waals surface area contributed by atoms with Crippen LogP contribution in [0.15, 0.2) is 65.6 Å². The molecule has 5 rings (SSSR count). The summed E-state index contributed by atoms with van der Waals surface area (Å²) in [5.74, 6) is 0.598. The molecule has 0 amide bonds. The predicted molar refractivity (Wildman–Crippen MR) is 150 cm³/mol. The van der Waals surface area contributed by atoms with Crippen LogP contribution in [0, 0.1) is 11.7 Å². The number of nitrogens with zero attached hydrogens (tertiary/aromatic N) is 1. The molecule has 2 aliphatic heterocycles. The summed E-state index contributed by atoms with van der Waals surface area (Å²) >= 11 is 0. The summed E-state index contributed by atoms with van der Waals surface area (Å²) in [6.07, 6.45) is 1.80. The largest absolute Gasteiger partial charge is 0.505 e. The monoisotopic (exact) mass is 551 g/mol. The maximum absolute atomic E-state index is 15.0. The van der Waals surface area contributed by atoms with Gasteiger partial charge in [0.05, 0.1) is 10.5 Å². The first-order chi connectivity index (χ1) is 18.5. The van der Waals surface area contributed by atoms with Gasteiger partial charge in [0, 0.05) is 24.4 Å². The van der Waals surface area contributed by atoms with Crippen LogP contribution in [0.2, 0.25) is 0 Å². The SMILES string of the molecule is CC1=C(c2ccc(S(C)(=O)=O)cc2)C(c2ccc(OCC(C)N3CCC(C)C3)cc2)Oc2ccc(O)c(F)c21. The van der Waals surface area contributed by atoms with E-state index in [2.05, 4.69) is 18.7 Å². The summed E-state index contributed by atoms with van der Waals surface area (Å²) in [6.45, 7) is 9.05. The van der Waals surface area contributed by atoms with Crippen LogP contribution < -0.4 is 9.47 Å². The Morgan fingerprint density at radius 3 is 2.41 bits per heavy atom. The lowest BCUT2D eigenvalue weighted by molar-refractivity contribution is 0.169. The van der Waals surface area contributed by atoms with Crippen LogP contribution >= 0.6 is 0 Å². The minimum Gasteiger partial charge on any atom is -0.505 e. The van der Waals surface area contributed by atoms with Crippen LogP contribution in [-0.2, 0) is 9.84 Å². The van der Waals surface area contributed by atoms with Crippen LogP contribution in [0.25, 0.3) is 11.1 Å². The van der Waals surface area contributed by atoms with Crippen LogP contribution in [0.3, 0.4) is 0 Å². The highest BCUT2D eigenvalue weighted by Crippen LogP contribution is 2.48. The van der Waals surface area contributed by atoms with Gasteiger partial charge < -0.3 is 14.6 Å². The standard InChI is InChI=1S/C31H34FNO5S/c1-19-15-16-33(17-19)20(2)18-37-24-9-5-23(6-10-24)31-28(22-7-11-25(12-8-22)39(4,35)36)21(3)29-27(38-31)14-13-26(34)30(29)32/h5-14,19-20,31,34H,15-18H2,1-4H3. The molecule has 0 aromatic heterocycles. The molecule has 39 heavy (non-hydrogen) atoms. The van der Waals surface area contributed by atoms with Gasteiger partial charge in [-0.3, -0.25) is 4.90 Å². The molecule has 2 heterocycles. The molecule has 1 N–H and O–H groups in total. The molecule has 6 nitrogen and oxygen atoms in total. The summed E-state index contributed by atoms with van der Waals surface area (Å²) in [5.41, 5.74) is 3.03. The lowest BCUT2D eigenvalue weighted by Crippen LogP contribution is -2.35. The van der Waals surface area contributed by atoms with Crippen LogP contribution in [-0.4, -0.2) is 50.4 Å². The molecule has 0 spiro atoms. The van der Waals surface area contributed by atoms with Crippen LogP contribution in [0.4, 0.5) is 4.39 Å². The predicted octanol–water partition coefficient (Wildman–Crippen LogP) is 6.11. The van der Waals surface area contributed by atoms with Crippen molar-refractivity contribution in [2.24, 2.45) is 5.92 Å². The van der Waals surface area contributed by atoms with Gasteiger partial charge in [-0.05, 0) is 85.8 Å². The second kappa shape index (κ2) is 10.7. The number of ether oxygens (including phenoxy) is 2. The summed E-state index contributed by atoms with van der Waals surface area (Å²) in [6, 6.07) is 17.3. The zero-order chi connectivity index (χ0) is 27.9. The van der Waals surface area contributed by atoms with Gasteiger partial charge in [0.25, 0.3) is 0 Å². The van der Waals surface area contributed by atoms with Crippen molar-refractivity contribution in [3.05, 3.63) is 83.2 Å². The number of halogens is 1. The quantitative estimate of drug-likeness (QED) is 0.382. The van der Waals surface area contributed by atoms with Gasteiger partial charge in [-0.25, -0.2) is 12.8 Å². The molecule has 206 valence electrons. The van der Waals surface area contributed by atoms with Crippen molar-refractivity contribution in [3.8, 4) is 17.2 Å². The smallest absolute Gasteiger partial charge is 0.176 e. The number of hydrogen-bond acceptors (Lipinski definition) is 6. The van der Waals surface area contributed by atoms with E-state index >= 15 is 4.39 Å². The van der Waals surface area contributed by atoms with Gasteiger partial charge >= 0.3 is 0 Å². The molecule has 0 bridgehead atoms. The van der Waals surface area contributed by atoms with Crippen LogP contribution in [0.5, 0.6) is 17.2 Å². The second-order valence-electron chi connectivity index (χ2n) is 10.7. The molecule has 1 fully saturated rings. The topological polar surface area (TPSA) is 76.1 Å². The highest BCUT2D eigenvalue weighted by atomic mass is 32.2. The molecule has 3 aromatic rings. The first-order valence-corrected chi connectivity index (χ1v) is 15.1. The summed E-state index contributed by atoms with van der Waals surface area (Å²) < 4.78 is 51.5. The van der Waals surface area contributed by atoms with Crippen molar-refractivity contribution in [2.45, 2.75) is 44.2 Å². The Morgan fingerprint density at radius 2 is 1.79 bits per heavy atom. The van der Waals surface area contributed by atoms with Gasteiger partial charge in [-0.15, -0.1) is 0 Å². The van der Waals surface area contributed by atoms with E-state index in [1.807, 2.05) is 24.3 Å². The van der Waals surface area contributed by atoms with Gasteiger partial charge in [0.1, 0.15) is 24.2 Å². The van der Waals surface area contributed by atoms with Gasteiger partial charge in [-0.1, -0.05) is 31.2 Å². The summed E-state index contributed by atoms with van der Waals surface area (Å²) in [5, 5.41) is 10.0. The molecule has 0 radical (unpaired) electrons. The molecule has 3 atom stereocenters. The normalized spacial score (nSPS) is 20.4. The molecule has 3 aromatic carbocycles. The number of fused-ring (bicyclic) bond motifs is 1. The Hall–Kier alpha value is -3.36. The Morgan fingerprint density at radius 1 is 1.10 bits per heavy atom. The maximum Gasteiger partial charge on any atom is 0.176 e. The van der Waals surface area contributed by atoms with E-state index in [1.165, 1.54) is 24.6 Å². The number of sulfone groups is 1. The second-order valence-corrected chi connectivity index (χ2v) is 12.7. The Kier molecular flexibility index (Phi) is 7.44. The third-order valence-corrected chi connectivity index (χ3v) is 8.84. The lowest BCUT2D eigenvalue weighted by atomic mass is 9.86. The number of benzene rings is 3. The number of likely N-dealkylation sites (tertiary alicyclic amines) is 1. The van der Waals surface area contributed by atoms with E-state index in [0.29, 0.717) is 35.1 Å². The third kappa shape index (κ3) is 5.54. The lowest BCUT2D eigenvalue weighted by Gasteiger charge is -2.31. The molecule has 0 aliphatic carbocycles. The molecular formula is C31H34FNO5S.